The van der Waals surface area contributed by atoms with E-state index in [1.807, 2.05) is 0 Å². The molecule has 2 fully saturated rings. The minimum atomic E-state index is -1.38. The largest absolute Gasteiger partial charge is 0.465 e. The second kappa shape index (κ2) is 4.78. The van der Waals surface area contributed by atoms with Gasteiger partial charge in [-0.25, -0.2) is 9.18 Å². The maximum absolute atomic E-state index is 14.8. The third-order valence-corrected chi connectivity index (χ3v) is 5.24. The second-order valence-electron chi connectivity index (χ2n) is 6.38. The molecule has 1 aliphatic carbocycles. The summed E-state index contributed by atoms with van der Waals surface area (Å²) < 4.78 is 14.8. The monoisotopic (exact) mass is 318 g/mol. The number of carbonyl (C=O) groups is 3. The lowest BCUT2D eigenvalue weighted by Gasteiger charge is -2.26. The van der Waals surface area contributed by atoms with Crippen LogP contribution >= 0.6 is 0 Å². The van der Waals surface area contributed by atoms with Crippen molar-refractivity contribution in [2.24, 2.45) is 11.8 Å². The first-order valence-electron chi connectivity index (χ1n) is 7.58. The lowest BCUT2D eigenvalue weighted by atomic mass is 10.0. The molecule has 1 aromatic rings. The van der Waals surface area contributed by atoms with Crippen molar-refractivity contribution in [2.75, 3.05) is 13.1 Å². The zero-order valence-electron chi connectivity index (χ0n) is 12.2. The topological polar surface area (TPSA) is 77.9 Å². The number of carboxylic acid groups (broad SMARTS) is 1. The molecule has 0 aromatic heterocycles. The molecule has 0 spiro atoms. The maximum Gasteiger partial charge on any atom is 0.407 e. The Bertz CT molecular complexity index is 687. The number of nitrogens with zero attached hydrogens (tertiary/aromatic N) is 2. The van der Waals surface area contributed by atoms with Crippen molar-refractivity contribution in [1.82, 2.24) is 9.80 Å². The normalized spacial score (nSPS) is 32.4. The summed E-state index contributed by atoms with van der Waals surface area (Å²) >= 11 is 0. The lowest BCUT2D eigenvalue weighted by molar-refractivity contribution is 0.0487. The molecular weight excluding hydrogens is 303 g/mol. The number of fused-ring (bicyclic) bond motifs is 2. The van der Waals surface area contributed by atoms with Crippen LogP contribution in [0.4, 0.5) is 9.18 Å². The Kier molecular flexibility index (Phi) is 2.94. The number of amides is 3. The zero-order valence-corrected chi connectivity index (χ0v) is 12.2. The molecule has 120 valence electrons. The zero-order chi connectivity index (χ0) is 16.3. The highest BCUT2D eigenvalue weighted by molar-refractivity contribution is 6.21. The fourth-order valence-corrected chi connectivity index (χ4v) is 4.15. The molecule has 3 aliphatic rings. The number of benzene rings is 1. The number of hydrogen-bond acceptors (Lipinski definition) is 3. The quantitative estimate of drug-likeness (QED) is 0.798. The van der Waals surface area contributed by atoms with Gasteiger partial charge in [0.1, 0.15) is 6.17 Å². The Hall–Kier alpha value is -2.44. The molecule has 0 unspecified atom stereocenters. The molecular formula is C16H15FN2O4. The van der Waals surface area contributed by atoms with E-state index in [2.05, 4.69) is 0 Å². The van der Waals surface area contributed by atoms with E-state index in [1.54, 1.807) is 24.3 Å². The van der Waals surface area contributed by atoms with Crippen molar-refractivity contribution in [1.29, 1.82) is 0 Å². The molecule has 2 heterocycles. The molecule has 4 rings (SSSR count). The van der Waals surface area contributed by atoms with Gasteiger partial charge < -0.3 is 10.0 Å². The van der Waals surface area contributed by atoms with Gasteiger partial charge in [0.2, 0.25) is 0 Å². The summed E-state index contributed by atoms with van der Waals surface area (Å²) in [4.78, 5) is 38.2. The first-order chi connectivity index (χ1) is 11.0. The van der Waals surface area contributed by atoms with Gasteiger partial charge in [-0.05, 0) is 24.5 Å². The molecule has 1 N–H and O–H groups in total. The van der Waals surface area contributed by atoms with E-state index < -0.39 is 36.0 Å². The van der Waals surface area contributed by atoms with Gasteiger partial charge in [0.05, 0.1) is 17.2 Å². The van der Waals surface area contributed by atoms with E-state index in [9.17, 15) is 18.8 Å². The Labute approximate surface area is 131 Å². The van der Waals surface area contributed by atoms with Crippen molar-refractivity contribution in [2.45, 2.75) is 18.6 Å². The van der Waals surface area contributed by atoms with Crippen molar-refractivity contribution < 1.29 is 23.9 Å². The average Bonchev–Trinajstić information content (AvgIpc) is 3.14. The van der Waals surface area contributed by atoms with Crippen LogP contribution in [0.1, 0.15) is 27.1 Å². The Morgan fingerprint density at radius 2 is 1.74 bits per heavy atom. The number of rotatable bonds is 1. The van der Waals surface area contributed by atoms with Crippen LogP contribution in [0.25, 0.3) is 0 Å². The minimum absolute atomic E-state index is 0.126. The van der Waals surface area contributed by atoms with Gasteiger partial charge in [-0.3, -0.25) is 14.5 Å². The van der Waals surface area contributed by atoms with Crippen LogP contribution in [0, 0.1) is 11.8 Å². The highest BCUT2D eigenvalue weighted by atomic mass is 19.1. The predicted molar refractivity (Wildman–Crippen MR) is 76.8 cm³/mol. The third-order valence-electron chi connectivity index (χ3n) is 5.24. The van der Waals surface area contributed by atoms with Gasteiger partial charge in [0, 0.05) is 19.0 Å². The summed E-state index contributed by atoms with van der Waals surface area (Å²) in [5.41, 5.74) is 0.628. The molecule has 1 saturated heterocycles. The fourth-order valence-electron chi connectivity index (χ4n) is 4.15. The fraction of sp³-hybridized carbons (Fsp3) is 0.438. The van der Waals surface area contributed by atoms with Crippen molar-refractivity contribution in [3.63, 3.8) is 0 Å². The molecule has 6 nitrogen and oxygen atoms in total. The number of likely N-dealkylation sites (tertiary alicyclic amines) is 1. The van der Waals surface area contributed by atoms with Crippen molar-refractivity contribution in [3.8, 4) is 0 Å². The number of halogens is 1. The van der Waals surface area contributed by atoms with Gasteiger partial charge in [0.15, 0.2) is 0 Å². The van der Waals surface area contributed by atoms with Gasteiger partial charge in [-0.1, -0.05) is 12.1 Å². The number of alkyl halides is 1. The highest BCUT2D eigenvalue weighted by Gasteiger charge is 2.55. The van der Waals surface area contributed by atoms with Crippen LogP contribution in [0.15, 0.2) is 24.3 Å². The first-order valence-corrected chi connectivity index (χ1v) is 7.58. The number of imide groups is 1. The predicted octanol–water partition coefficient (Wildman–Crippen LogP) is 1.62. The molecule has 1 saturated carbocycles. The highest BCUT2D eigenvalue weighted by Crippen LogP contribution is 2.44. The molecule has 4 atom stereocenters. The van der Waals surface area contributed by atoms with E-state index in [1.165, 1.54) is 4.90 Å². The molecule has 7 heteroatoms. The Morgan fingerprint density at radius 3 is 2.26 bits per heavy atom. The van der Waals surface area contributed by atoms with Gasteiger partial charge >= 0.3 is 6.09 Å². The van der Waals surface area contributed by atoms with Crippen LogP contribution in [-0.2, 0) is 0 Å². The third kappa shape index (κ3) is 1.89. The number of carbonyl (C=O) groups excluding carboxylic acids is 2. The van der Waals surface area contributed by atoms with Gasteiger partial charge in [-0.15, -0.1) is 0 Å². The van der Waals surface area contributed by atoms with Gasteiger partial charge in [0.25, 0.3) is 11.8 Å². The molecule has 0 bridgehead atoms. The Morgan fingerprint density at radius 1 is 1.13 bits per heavy atom. The van der Waals surface area contributed by atoms with E-state index >= 15 is 0 Å². The molecule has 2 aliphatic heterocycles. The second-order valence-corrected chi connectivity index (χ2v) is 6.38. The summed E-state index contributed by atoms with van der Waals surface area (Å²) in [7, 11) is 0. The van der Waals surface area contributed by atoms with E-state index in [-0.39, 0.29) is 19.0 Å². The van der Waals surface area contributed by atoms with Crippen molar-refractivity contribution >= 4 is 17.9 Å². The van der Waals surface area contributed by atoms with Crippen molar-refractivity contribution in [3.05, 3.63) is 35.4 Å². The summed E-state index contributed by atoms with van der Waals surface area (Å²) in [5, 5.41) is 9.02. The van der Waals surface area contributed by atoms with Crippen LogP contribution in [0.5, 0.6) is 0 Å². The summed E-state index contributed by atoms with van der Waals surface area (Å²) in [6.07, 6.45) is -2.11. The van der Waals surface area contributed by atoms with Crippen LogP contribution < -0.4 is 0 Å². The standard InChI is InChI=1S/C16H15FN2O4/c17-13-11-7-18(16(22)23)6-8(11)5-12(13)19-14(20)9-3-1-2-4-10(9)15(19)21/h1-4,8,11-13H,5-7H2,(H,22,23)/t8-,11+,12+,13-/m0/s1. The SMILES string of the molecule is O=C(O)N1C[C@@H]2C[C@@H](N3C(=O)c4ccccc4C3=O)[C@@H](F)[C@@H]2C1. The van der Waals surface area contributed by atoms with E-state index in [0.29, 0.717) is 17.5 Å². The van der Waals surface area contributed by atoms with E-state index in [0.717, 1.165) is 4.90 Å². The summed E-state index contributed by atoms with van der Waals surface area (Å²) in [5.74, 6) is -1.49. The van der Waals surface area contributed by atoms with Crippen LogP contribution in [0.2, 0.25) is 0 Å². The average molecular weight is 318 g/mol. The summed E-state index contributed by atoms with van der Waals surface area (Å²) in [6.45, 7) is 0.390. The Balaban J connectivity index is 1.59. The molecule has 0 radical (unpaired) electrons. The number of hydrogen-bond donors (Lipinski definition) is 1. The molecule has 3 amide bonds. The van der Waals surface area contributed by atoms with E-state index in [4.69, 9.17) is 5.11 Å². The summed E-state index contributed by atoms with van der Waals surface area (Å²) in [6, 6.07) is 5.70. The van der Waals surface area contributed by atoms with Gasteiger partial charge in [-0.2, -0.15) is 0 Å². The smallest absolute Gasteiger partial charge is 0.407 e. The maximum atomic E-state index is 14.8. The first kappa shape index (κ1) is 14.2. The minimum Gasteiger partial charge on any atom is -0.465 e. The molecule has 1 aromatic carbocycles. The van der Waals surface area contributed by atoms with Crippen LogP contribution in [-0.4, -0.2) is 58.1 Å². The lowest BCUT2D eigenvalue weighted by Crippen LogP contribution is -2.45. The molecule has 23 heavy (non-hydrogen) atoms. The van der Waals surface area contributed by atoms with Crippen LogP contribution in [0.3, 0.4) is 0 Å².